The highest BCUT2D eigenvalue weighted by Crippen LogP contribution is 2.40. The summed E-state index contributed by atoms with van der Waals surface area (Å²) in [5.41, 5.74) is 3.81. The highest BCUT2D eigenvalue weighted by atomic mass is 16.5. The van der Waals surface area contributed by atoms with Gasteiger partial charge >= 0.3 is 0 Å². The Morgan fingerprint density at radius 2 is 2.11 bits per heavy atom. The summed E-state index contributed by atoms with van der Waals surface area (Å²) >= 11 is 0. The molecule has 0 N–H and O–H groups in total. The molecule has 18 heavy (non-hydrogen) atoms. The second-order valence-corrected chi connectivity index (χ2v) is 4.89. The van der Waals surface area contributed by atoms with Gasteiger partial charge in [-0.3, -0.25) is 0 Å². The number of hydrogen-bond donors (Lipinski definition) is 0. The number of nitrogens with zero attached hydrogens (tertiary/aromatic N) is 1. The molecule has 3 nitrogen and oxygen atoms in total. The van der Waals surface area contributed by atoms with Gasteiger partial charge in [-0.05, 0) is 6.07 Å². The predicted molar refractivity (Wildman–Crippen MR) is 69.3 cm³/mol. The topological polar surface area (TPSA) is 23.4 Å². The molecule has 0 amide bonds. The second kappa shape index (κ2) is 3.70. The van der Waals surface area contributed by atoms with Crippen molar-refractivity contribution in [2.75, 3.05) is 6.61 Å². The maximum atomic E-state index is 5.90. The second-order valence-electron chi connectivity index (χ2n) is 4.89. The van der Waals surface area contributed by atoms with Crippen molar-refractivity contribution in [2.24, 2.45) is 7.05 Å². The quantitative estimate of drug-likeness (QED) is 0.662. The van der Waals surface area contributed by atoms with E-state index in [4.69, 9.17) is 9.47 Å². The molecule has 4 rings (SSSR count). The average Bonchev–Trinajstić information content (AvgIpc) is 2.73. The Hall–Kier alpha value is -1.58. The Kier molecular flexibility index (Phi) is 2.13. The summed E-state index contributed by atoms with van der Waals surface area (Å²) in [4.78, 5) is 0. The lowest BCUT2D eigenvalue weighted by Gasteiger charge is -2.33. The predicted octanol–water partition coefficient (Wildman–Crippen LogP) is 2.70. The highest BCUT2D eigenvalue weighted by Gasteiger charge is 2.35. The smallest absolute Gasteiger partial charge is 0.115 e. The molecule has 2 aliphatic rings. The summed E-state index contributed by atoms with van der Waals surface area (Å²) in [5, 5.41) is 1.30. The van der Waals surface area contributed by atoms with Crippen LogP contribution in [0.5, 0.6) is 0 Å². The monoisotopic (exact) mass is 241 g/mol. The van der Waals surface area contributed by atoms with Crippen molar-refractivity contribution in [2.45, 2.75) is 18.8 Å². The van der Waals surface area contributed by atoms with E-state index in [1.807, 2.05) is 6.08 Å². The van der Waals surface area contributed by atoms with Crippen molar-refractivity contribution in [1.82, 2.24) is 4.57 Å². The highest BCUT2D eigenvalue weighted by molar-refractivity contribution is 5.86. The number of para-hydroxylation sites is 1. The van der Waals surface area contributed by atoms with Gasteiger partial charge in [0.15, 0.2) is 0 Å². The van der Waals surface area contributed by atoms with Crippen LogP contribution in [0.25, 0.3) is 10.9 Å². The van der Waals surface area contributed by atoms with E-state index in [1.54, 1.807) is 0 Å². The number of benzene rings is 1. The van der Waals surface area contributed by atoms with Gasteiger partial charge in [0, 0.05) is 23.5 Å². The van der Waals surface area contributed by atoms with Crippen LogP contribution in [0.3, 0.4) is 0 Å². The molecule has 3 heterocycles. The van der Waals surface area contributed by atoms with E-state index < -0.39 is 0 Å². The van der Waals surface area contributed by atoms with Crippen LogP contribution in [-0.2, 0) is 23.1 Å². The summed E-state index contributed by atoms with van der Waals surface area (Å²) in [5.74, 6) is 0. The van der Waals surface area contributed by atoms with E-state index in [2.05, 4.69) is 42.0 Å². The first-order chi connectivity index (χ1) is 8.86. The molecule has 0 fully saturated rings. The van der Waals surface area contributed by atoms with Gasteiger partial charge in [-0.25, -0.2) is 0 Å². The van der Waals surface area contributed by atoms with E-state index in [-0.39, 0.29) is 12.2 Å². The molecule has 0 saturated heterocycles. The lowest BCUT2D eigenvalue weighted by Crippen LogP contribution is -2.31. The van der Waals surface area contributed by atoms with Crippen LogP contribution in [0.2, 0.25) is 0 Å². The van der Waals surface area contributed by atoms with Crippen LogP contribution >= 0.6 is 0 Å². The molecule has 0 saturated carbocycles. The maximum Gasteiger partial charge on any atom is 0.115 e. The lowest BCUT2D eigenvalue weighted by molar-refractivity contribution is -0.0759. The standard InChI is InChI=1S/C15H15NO2/c1-16-11-6-3-2-5-10(11)14-12(16)9-18-13-7-4-8-17-15(13)14/h2-7,13,15H,8-9H2,1H3/t13-,15+/m1/s1. The van der Waals surface area contributed by atoms with Crippen molar-refractivity contribution in [3.05, 3.63) is 47.7 Å². The fourth-order valence-corrected chi connectivity index (χ4v) is 3.08. The van der Waals surface area contributed by atoms with E-state index in [0.717, 1.165) is 0 Å². The van der Waals surface area contributed by atoms with Crippen molar-refractivity contribution in [1.29, 1.82) is 0 Å². The fourth-order valence-electron chi connectivity index (χ4n) is 3.08. The fraction of sp³-hybridized carbons (Fsp3) is 0.333. The molecule has 3 heteroatoms. The third-order valence-electron chi connectivity index (χ3n) is 3.96. The maximum absolute atomic E-state index is 5.90. The molecular formula is C15H15NO2. The first kappa shape index (κ1) is 10.4. The van der Waals surface area contributed by atoms with Gasteiger partial charge in [0.2, 0.25) is 0 Å². The lowest BCUT2D eigenvalue weighted by atomic mass is 9.97. The minimum Gasteiger partial charge on any atom is -0.366 e. The SMILES string of the molecule is Cn1c2c(c3ccccc31)[C@H]1OCC=C[C@H]1OC2. The molecule has 0 bridgehead atoms. The van der Waals surface area contributed by atoms with E-state index in [1.165, 1.54) is 22.2 Å². The van der Waals surface area contributed by atoms with Gasteiger partial charge in [-0.1, -0.05) is 30.4 Å². The van der Waals surface area contributed by atoms with Crippen molar-refractivity contribution < 1.29 is 9.47 Å². The molecule has 2 aliphatic heterocycles. The van der Waals surface area contributed by atoms with Gasteiger partial charge in [0.25, 0.3) is 0 Å². The number of rotatable bonds is 0. The Morgan fingerprint density at radius 1 is 1.22 bits per heavy atom. The Balaban J connectivity index is 2.01. The average molecular weight is 241 g/mol. The minimum atomic E-state index is 0.0462. The molecule has 0 radical (unpaired) electrons. The molecule has 0 spiro atoms. The molecule has 1 aromatic carbocycles. The Bertz CT molecular complexity index is 641. The first-order valence-corrected chi connectivity index (χ1v) is 6.32. The third kappa shape index (κ3) is 1.26. The van der Waals surface area contributed by atoms with Crippen molar-refractivity contribution in [3.63, 3.8) is 0 Å². The van der Waals surface area contributed by atoms with E-state index in [9.17, 15) is 0 Å². The molecular weight excluding hydrogens is 226 g/mol. The van der Waals surface area contributed by atoms with Gasteiger partial charge in [0.1, 0.15) is 12.2 Å². The zero-order valence-electron chi connectivity index (χ0n) is 10.3. The molecule has 2 aromatic rings. The van der Waals surface area contributed by atoms with Gasteiger partial charge in [-0.15, -0.1) is 0 Å². The number of hydrogen-bond acceptors (Lipinski definition) is 2. The van der Waals surface area contributed by atoms with E-state index >= 15 is 0 Å². The Morgan fingerprint density at radius 3 is 3.06 bits per heavy atom. The summed E-state index contributed by atoms with van der Waals surface area (Å²) in [6.07, 6.45) is 4.28. The van der Waals surface area contributed by atoms with Crippen LogP contribution in [0, 0.1) is 0 Å². The van der Waals surface area contributed by atoms with E-state index in [0.29, 0.717) is 13.2 Å². The van der Waals surface area contributed by atoms with Crippen LogP contribution < -0.4 is 0 Å². The summed E-state index contributed by atoms with van der Waals surface area (Å²) in [6.45, 7) is 1.34. The summed E-state index contributed by atoms with van der Waals surface area (Å²) < 4.78 is 14.0. The molecule has 0 aliphatic carbocycles. The molecule has 2 atom stereocenters. The molecule has 1 aromatic heterocycles. The van der Waals surface area contributed by atoms with Crippen LogP contribution in [0.1, 0.15) is 17.4 Å². The number of aryl methyl sites for hydroxylation is 1. The minimum absolute atomic E-state index is 0.0462. The largest absolute Gasteiger partial charge is 0.366 e. The number of ether oxygens (including phenoxy) is 2. The summed E-state index contributed by atoms with van der Waals surface area (Å²) in [6, 6.07) is 8.50. The van der Waals surface area contributed by atoms with Crippen molar-refractivity contribution in [3.8, 4) is 0 Å². The van der Waals surface area contributed by atoms with Crippen LogP contribution in [0.15, 0.2) is 36.4 Å². The molecule has 92 valence electrons. The number of fused-ring (bicyclic) bond motifs is 5. The Labute approximate surface area is 106 Å². The van der Waals surface area contributed by atoms with Crippen LogP contribution in [0.4, 0.5) is 0 Å². The zero-order chi connectivity index (χ0) is 12.1. The first-order valence-electron chi connectivity index (χ1n) is 6.32. The third-order valence-corrected chi connectivity index (χ3v) is 3.96. The molecule has 0 unspecified atom stereocenters. The van der Waals surface area contributed by atoms with Gasteiger partial charge in [-0.2, -0.15) is 0 Å². The van der Waals surface area contributed by atoms with Gasteiger partial charge in [0.05, 0.1) is 18.9 Å². The van der Waals surface area contributed by atoms with Gasteiger partial charge < -0.3 is 14.0 Å². The van der Waals surface area contributed by atoms with Crippen LogP contribution in [-0.4, -0.2) is 17.3 Å². The number of aromatic nitrogens is 1. The normalized spacial score (nSPS) is 26.1. The van der Waals surface area contributed by atoms with Crippen molar-refractivity contribution >= 4 is 10.9 Å². The zero-order valence-corrected chi connectivity index (χ0v) is 10.3. The summed E-state index contributed by atoms with van der Waals surface area (Å²) in [7, 11) is 2.10.